The van der Waals surface area contributed by atoms with Gasteiger partial charge in [0, 0.05) is 0 Å². The van der Waals surface area contributed by atoms with E-state index in [1.807, 2.05) is 0 Å². The van der Waals surface area contributed by atoms with E-state index in [-0.39, 0.29) is 0 Å². The predicted octanol–water partition coefficient (Wildman–Crippen LogP) is 2.83. The molecule has 0 heterocycles. The van der Waals surface area contributed by atoms with Gasteiger partial charge in [0.2, 0.25) is 0 Å². The molecule has 5 unspecified atom stereocenters. The van der Waals surface area contributed by atoms with Gasteiger partial charge in [-0.1, -0.05) is 12.8 Å². The summed E-state index contributed by atoms with van der Waals surface area (Å²) in [5.74, 6) is 4.90. The maximum absolute atomic E-state index is 1.65. The zero-order chi connectivity index (χ0) is 7.05. The third-order valence-electron chi connectivity index (χ3n) is 5.35. The molecular weight excluding hydrogens is 132 g/mol. The molecule has 0 N–H and O–H groups in total. The fourth-order valence-electron chi connectivity index (χ4n) is 4.84. The highest BCUT2D eigenvalue weighted by Gasteiger charge is 2.72. The predicted molar refractivity (Wildman–Crippen MR) is 44.1 cm³/mol. The van der Waals surface area contributed by atoms with Crippen LogP contribution in [0.25, 0.3) is 0 Å². The largest absolute Gasteiger partial charge is 0.0527 e. The first-order valence-electron chi connectivity index (χ1n) is 5.39. The fourth-order valence-corrected chi connectivity index (χ4v) is 4.84. The van der Waals surface area contributed by atoms with Gasteiger partial charge >= 0.3 is 0 Å². The minimum absolute atomic E-state index is 0.982. The summed E-state index contributed by atoms with van der Waals surface area (Å²) in [5, 5.41) is 0. The van der Waals surface area contributed by atoms with Crippen LogP contribution in [0.15, 0.2) is 0 Å². The van der Waals surface area contributed by atoms with E-state index in [0.717, 1.165) is 5.41 Å². The van der Waals surface area contributed by atoms with Crippen molar-refractivity contribution in [3.63, 3.8) is 0 Å². The van der Waals surface area contributed by atoms with Crippen molar-refractivity contribution in [1.29, 1.82) is 0 Å². The van der Waals surface area contributed by atoms with Gasteiger partial charge in [0.05, 0.1) is 0 Å². The second kappa shape index (κ2) is 1.41. The molecule has 11 heavy (non-hydrogen) atoms. The van der Waals surface area contributed by atoms with Gasteiger partial charge in [-0.25, -0.2) is 0 Å². The lowest BCUT2D eigenvalue weighted by Gasteiger charge is -2.48. The Morgan fingerprint density at radius 3 is 2.82 bits per heavy atom. The van der Waals surface area contributed by atoms with Crippen LogP contribution in [-0.2, 0) is 0 Å². The van der Waals surface area contributed by atoms with Crippen LogP contribution in [0, 0.1) is 29.1 Å². The molecule has 0 saturated heterocycles. The first-order chi connectivity index (χ1) is 5.39. The SMILES string of the molecule is C1CC2CC34CC(C2C1)C3C4. The Hall–Kier alpha value is 0. The Balaban J connectivity index is 1.74. The van der Waals surface area contributed by atoms with Crippen molar-refractivity contribution in [1.82, 2.24) is 0 Å². The zero-order valence-electron chi connectivity index (χ0n) is 7.05. The van der Waals surface area contributed by atoms with E-state index in [9.17, 15) is 0 Å². The van der Waals surface area contributed by atoms with E-state index >= 15 is 0 Å². The molecule has 1 spiro atoms. The molecule has 0 radical (unpaired) electrons. The number of hydrogen-bond acceptors (Lipinski definition) is 0. The highest BCUT2D eigenvalue weighted by molar-refractivity contribution is 5.21. The molecule has 0 aromatic rings. The Labute approximate surface area is 68.4 Å². The molecule has 5 aliphatic rings. The molecule has 5 aliphatic carbocycles. The van der Waals surface area contributed by atoms with Gasteiger partial charge < -0.3 is 0 Å². The first-order valence-corrected chi connectivity index (χ1v) is 5.39. The summed E-state index contributed by atoms with van der Waals surface area (Å²) in [4.78, 5) is 0. The summed E-state index contributed by atoms with van der Waals surface area (Å²) in [6, 6.07) is 0. The molecule has 5 rings (SSSR count). The summed E-state index contributed by atoms with van der Waals surface area (Å²) >= 11 is 0. The minimum Gasteiger partial charge on any atom is -0.0527 e. The van der Waals surface area contributed by atoms with Gasteiger partial charge in [-0.05, 0) is 54.8 Å². The second-order valence-corrected chi connectivity index (χ2v) is 5.60. The summed E-state index contributed by atoms with van der Waals surface area (Å²) in [6.45, 7) is 0. The third-order valence-corrected chi connectivity index (χ3v) is 5.35. The Bertz CT molecular complexity index is 218. The first kappa shape index (κ1) is 5.61. The molecule has 0 heteroatoms. The second-order valence-electron chi connectivity index (χ2n) is 5.60. The van der Waals surface area contributed by atoms with Gasteiger partial charge in [0.15, 0.2) is 0 Å². The normalized spacial score (nSPS) is 69.8. The lowest BCUT2D eigenvalue weighted by molar-refractivity contribution is 0.00500. The van der Waals surface area contributed by atoms with Crippen molar-refractivity contribution < 1.29 is 0 Å². The molecule has 0 nitrogen and oxygen atoms in total. The number of rotatable bonds is 0. The fraction of sp³-hybridized carbons (Fsp3) is 1.00. The highest BCUT2D eigenvalue weighted by Crippen LogP contribution is 2.80. The summed E-state index contributed by atoms with van der Waals surface area (Å²) in [6.07, 6.45) is 9.70. The molecule has 0 aliphatic heterocycles. The minimum atomic E-state index is 0.982. The monoisotopic (exact) mass is 148 g/mol. The Morgan fingerprint density at radius 2 is 1.91 bits per heavy atom. The van der Waals surface area contributed by atoms with Crippen LogP contribution in [0.2, 0.25) is 0 Å². The molecular formula is C11H16. The van der Waals surface area contributed by atoms with Crippen molar-refractivity contribution in [2.45, 2.75) is 38.5 Å². The van der Waals surface area contributed by atoms with E-state index in [1.54, 1.807) is 38.5 Å². The van der Waals surface area contributed by atoms with Crippen molar-refractivity contribution in [2.75, 3.05) is 0 Å². The molecule has 0 aromatic carbocycles. The van der Waals surface area contributed by atoms with E-state index in [1.165, 1.54) is 23.7 Å². The smallest absolute Gasteiger partial charge is 0.0258 e. The number of hydrogen-bond donors (Lipinski definition) is 0. The van der Waals surface area contributed by atoms with Crippen LogP contribution in [-0.4, -0.2) is 0 Å². The van der Waals surface area contributed by atoms with E-state index in [0.29, 0.717) is 0 Å². The quantitative estimate of drug-likeness (QED) is 0.495. The maximum atomic E-state index is 1.65. The average molecular weight is 148 g/mol. The third kappa shape index (κ3) is 0.467. The molecule has 5 fully saturated rings. The van der Waals surface area contributed by atoms with Gasteiger partial charge in [-0.2, -0.15) is 0 Å². The lowest BCUT2D eigenvalue weighted by atomic mass is 9.56. The highest BCUT2D eigenvalue weighted by atomic mass is 14.8. The van der Waals surface area contributed by atoms with Gasteiger partial charge in [-0.15, -0.1) is 0 Å². The lowest BCUT2D eigenvalue weighted by Crippen LogP contribution is -2.41. The zero-order valence-corrected chi connectivity index (χ0v) is 7.05. The average Bonchev–Trinajstić information content (AvgIpc) is 2.48. The van der Waals surface area contributed by atoms with Crippen molar-refractivity contribution in [2.24, 2.45) is 29.1 Å². The van der Waals surface area contributed by atoms with Crippen LogP contribution >= 0.6 is 0 Å². The van der Waals surface area contributed by atoms with Gasteiger partial charge in [0.25, 0.3) is 0 Å². The van der Waals surface area contributed by atoms with Gasteiger partial charge in [-0.3, -0.25) is 0 Å². The van der Waals surface area contributed by atoms with E-state index in [2.05, 4.69) is 0 Å². The van der Waals surface area contributed by atoms with Crippen LogP contribution in [0.4, 0.5) is 0 Å². The van der Waals surface area contributed by atoms with Crippen molar-refractivity contribution in [3.8, 4) is 0 Å². The Morgan fingerprint density at radius 1 is 0.909 bits per heavy atom. The molecule has 2 bridgehead atoms. The Kier molecular flexibility index (Phi) is 0.717. The van der Waals surface area contributed by atoms with Crippen molar-refractivity contribution in [3.05, 3.63) is 0 Å². The summed E-state index contributed by atoms with van der Waals surface area (Å²) < 4.78 is 0. The molecule has 5 atom stereocenters. The van der Waals surface area contributed by atoms with Gasteiger partial charge in [0.1, 0.15) is 0 Å². The molecule has 60 valence electrons. The molecule has 0 amide bonds. The topological polar surface area (TPSA) is 0 Å². The standard InChI is InChI=1S/C11H16/c1-2-7-4-11-5-9(8(7)3-1)10(11)6-11/h7-10H,1-6H2. The summed E-state index contributed by atoms with van der Waals surface area (Å²) in [5.41, 5.74) is 0.982. The van der Waals surface area contributed by atoms with Crippen LogP contribution in [0.1, 0.15) is 38.5 Å². The van der Waals surface area contributed by atoms with Crippen LogP contribution in [0.5, 0.6) is 0 Å². The van der Waals surface area contributed by atoms with E-state index in [4.69, 9.17) is 0 Å². The molecule has 0 aromatic heterocycles. The molecule has 5 saturated carbocycles. The van der Waals surface area contributed by atoms with E-state index < -0.39 is 0 Å². The summed E-state index contributed by atoms with van der Waals surface area (Å²) in [7, 11) is 0. The van der Waals surface area contributed by atoms with Crippen molar-refractivity contribution >= 4 is 0 Å². The van der Waals surface area contributed by atoms with Crippen LogP contribution in [0.3, 0.4) is 0 Å². The maximum Gasteiger partial charge on any atom is -0.0258 e. The van der Waals surface area contributed by atoms with Crippen LogP contribution < -0.4 is 0 Å².